The Hall–Kier alpha value is -3.79. The molecule has 2 aromatic heterocycles. The van der Waals surface area contributed by atoms with E-state index in [1.807, 2.05) is 66.9 Å². The van der Waals surface area contributed by atoms with Gasteiger partial charge in [0, 0.05) is 12.1 Å². The fourth-order valence-electron chi connectivity index (χ4n) is 6.43. The average molecular weight is 639 g/mol. The zero-order chi connectivity index (χ0) is 31.1. The minimum Gasteiger partial charge on any atom is -0.379 e. The minimum absolute atomic E-state index is 0.329. The highest BCUT2D eigenvalue weighted by Crippen LogP contribution is 2.39. The molecule has 1 aliphatic carbocycles. The van der Waals surface area contributed by atoms with Crippen LogP contribution in [-0.4, -0.2) is 45.6 Å². The standard InChI is InChI=1S/C37H39ClN4O4/c38-33-20-30(40-29-18-10-11-19-29)37-39-21-31(42(37)41-33)34-36(45-24-28-16-8-3-9-17-28)35(44-23-27-14-6-2-7-15-27)32(46-34)25-43-22-26-12-4-1-5-13-26/h1-9,12-17,20-21,29,32,34-36,40H,10-11,18-19,22-25H2/t32-,34+,35-,36+/m1/s1. The van der Waals surface area contributed by atoms with Crippen LogP contribution in [0, 0.1) is 0 Å². The molecule has 7 rings (SSSR count). The first kappa shape index (κ1) is 30.8. The van der Waals surface area contributed by atoms with E-state index in [1.54, 1.807) is 4.52 Å². The normalized spacial score (nSPS) is 21.7. The predicted molar refractivity (Wildman–Crippen MR) is 178 cm³/mol. The summed E-state index contributed by atoms with van der Waals surface area (Å²) in [5.74, 6) is 0. The highest BCUT2D eigenvalue weighted by atomic mass is 35.5. The zero-order valence-electron chi connectivity index (χ0n) is 25.7. The Morgan fingerprint density at radius 3 is 2.00 bits per heavy atom. The van der Waals surface area contributed by atoms with Crippen LogP contribution in [0.15, 0.2) is 103 Å². The maximum absolute atomic E-state index is 6.83. The average Bonchev–Trinajstić information content (AvgIpc) is 3.84. The number of fused-ring (bicyclic) bond motifs is 1. The van der Waals surface area contributed by atoms with Gasteiger partial charge < -0.3 is 24.3 Å². The molecule has 4 atom stereocenters. The third kappa shape index (κ3) is 7.27. The second-order valence-corrected chi connectivity index (χ2v) is 12.4. The van der Waals surface area contributed by atoms with Gasteiger partial charge in [-0.2, -0.15) is 5.10 Å². The summed E-state index contributed by atoms with van der Waals surface area (Å²) in [4.78, 5) is 4.82. The molecule has 2 aliphatic rings. The Morgan fingerprint density at radius 2 is 1.37 bits per heavy atom. The van der Waals surface area contributed by atoms with Crippen molar-refractivity contribution in [2.45, 2.75) is 76.0 Å². The van der Waals surface area contributed by atoms with Crippen LogP contribution in [0.2, 0.25) is 5.15 Å². The van der Waals surface area contributed by atoms with E-state index in [4.69, 9.17) is 35.5 Å². The number of imidazole rings is 1. The number of halogens is 1. The number of anilines is 1. The van der Waals surface area contributed by atoms with Crippen LogP contribution in [0.5, 0.6) is 0 Å². The summed E-state index contributed by atoms with van der Waals surface area (Å²) >= 11 is 6.61. The Morgan fingerprint density at radius 1 is 0.783 bits per heavy atom. The van der Waals surface area contributed by atoms with Crippen molar-refractivity contribution in [3.05, 3.63) is 131 Å². The monoisotopic (exact) mass is 638 g/mol. The number of hydrogen-bond donors (Lipinski definition) is 1. The summed E-state index contributed by atoms with van der Waals surface area (Å²) in [6.07, 6.45) is 4.70. The van der Waals surface area contributed by atoms with Crippen LogP contribution in [0.25, 0.3) is 5.65 Å². The Kier molecular flexibility index (Phi) is 9.89. The molecule has 1 aliphatic heterocycles. The SMILES string of the molecule is Clc1cc(NC2CCCC2)c2ncc([C@@H]3O[C@H](COCc4ccccc4)[C@@H](OCc4ccccc4)[C@H]3OCc3ccccc3)n2n1. The third-order valence-electron chi connectivity index (χ3n) is 8.74. The van der Waals surface area contributed by atoms with Gasteiger partial charge in [0.2, 0.25) is 0 Å². The zero-order valence-corrected chi connectivity index (χ0v) is 26.5. The molecule has 1 saturated carbocycles. The maximum atomic E-state index is 6.83. The van der Waals surface area contributed by atoms with E-state index in [1.165, 1.54) is 12.8 Å². The van der Waals surface area contributed by atoms with Crippen LogP contribution >= 0.6 is 11.6 Å². The van der Waals surface area contributed by atoms with E-state index in [0.29, 0.717) is 43.3 Å². The van der Waals surface area contributed by atoms with Crippen molar-refractivity contribution < 1.29 is 18.9 Å². The molecule has 1 saturated heterocycles. The molecule has 1 N–H and O–H groups in total. The second-order valence-electron chi connectivity index (χ2n) is 12.0. The number of ether oxygens (including phenoxy) is 4. The second kappa shape index (κ2) is 14.8. The van der Waals surface area contributed by atoms with Gasteiger partial charge >= 0.3 is 0 Å². The van der Waals surface area contributed by atoms with E-state index in [-0.39, 0.29) is 0 Å². The summed E-state index contributed by atoms with van der Waals surface area (Å²) in [5.41, 5.74) is 5.57. The van der Waals surface area contributed by atoms with Crippen LogP contribution in [0.1, 0.15) is 54.2 Å². The van der Waals surface area contributed by atoms with Crippen molar-refractivity contribution in [2.75, 3.05) is 11.9 Å². The van der Waals surface area contributed by atoms with Crippen LogP contribution in [0.4, 0.5) is 5.69 Å². The number of nitrogens with zero attached hydrogens (tertiary/aromatic N) is 3. The van der Waals surface area contributed by atoms with E-state index >= 15 is 0 Å². The van der Waals surface area contributed by atoms with Crippen molar-refractivity contribution in [3.8, 4) is 0 Å². The number of hydrogen-bond acceptors (Lipinski definition) is 7. The molecule has 5 aromatic rings. The first-order valence-corrected chi connectivity index (χ1v) is 16.5. The van der Waals surface area contributed by atoms with Crippen LogP contribution in [0.3, 0.4) is 0 Å². The number of aromatic nitrogens is 3. The molecule has 0 spiro atoms. The highest BCUT2D eigenvalue weighted by molar-refractivity contribution is 6.29. The third-order valence-corrected chi connectivity index (χ3v) is 8.93. The molecule has 0 amide bonds. The fraction of sp³-hybridized carbons (Fsp3) is 0.351. The fourth-order valence-corrected chi connectivity index (χ4v) is 6.61. The lowest BCUT2D eigenvalue weighted by molar-refractivity contribution is -0.0898. The van der Waals surface area contributed by atoms with Crippen LogP contribution < -0.4 is 5.32 Å². The van der Waals surface area contributed by atoms with Crippen molar-refractivity contribution in [1.82, 2.24) is 14.6 Å². The number of rotatable bonds is 13. The number of nitrogens with one attached hydrogen (secondary N) is 1. The summed E-state index contributed by atoms with van der Waals surface area (Å²) in [7, 11) is 0. The first-order chi connectivity index (χ1) is 22.7. The summed E-state index contributed by atoms with van der Waals surface area (Å²) in [5, 5.41) is 8.73. The molecule has 46 heavy (non-hydrogen) atoms. The van der Waals surface area contributed by atoms with Gasteiger partial charge in [-0.1, -0.05) is 115 Å². The van der Waals surface area contributed by atoms with E-state index in [0.717, 1.165) is 40.9 Å². The first-order valence-electron chi connectivity index (χ1n) is 16.1. The van der Waals surface area contributed by atoms with E-state index in [2.05, 4.69) is 46.8 Å². The van der Waals surface area contributed by atoms with Gasteiger partial charge in [-0.25, -0.2) is 9.50 Å². The van der Waals surface area contributed by atoms with Gasteiger partial charge in [-0.15, -0.1) is 0 Å². The van der Waals surface area contributed by atoms with Gasteiger partial charge in [-0.05, 0) is 29.5 Å². The Bertz CT molecular complexity index is 1680. The van der Waals surface area contributed by atoms with E-state index in [9.17, 15) is 0 Å². The van der Waals surface area contributed by atoms with Gasteiger partial charge in [0.15, 0.2) is 10.8 Å². The molecule has 0 unspecified atom stereocenters. The lowest BCUT2D eigenvalue weighted by Gasteiger charge is -2.25. The molecular weight excluding hydrogens is 600 g/mol. The molecule has 238 valence electrons. The van der Waals surface area contributed by atoms with Gasteiger partial charge in [-0.3, -0.25) is 0 Å². The molecule has 9 heteroatoms. The van der Waals surface area contributed by atoms with Crippen molar-refractivity contribution in [3.63, 3.8) is 0 Å². The highest BCUT2D eigenvalue weighted by Gasteiger charge is 2.48. The minimum atomic E-state index is -0.532. The van der Waals surface area contributed by atoms with Gasteiger partial charge in [0.1, 0.15) is 24.4 Å². The molecule has 3 heterocycles. The largest absolute Gasteiger partial charge is 0.379 e. The molecule has 0 radical (unpaired) electrons. The predicted octanol–water partition coefficient (Wildman–Crippen LogP) is 7.56. The summed E-state index contributed by atoms with van der Waals surface area (Å²) in [6, 6.07) is 32.7. The lowest BCUT2D eigenvalue weighted by atomic mass is 10.0. The topological polar surface area (TPSA) is 79.1 Å². The van der Waals surface area contributed by atoms with Crippen molar-refractivity contribution in [1.29, 1.82) is 0 Å². The summed E-state index contributed by atoms with van der Waals surface area (Å²) < 4.78 is 28.2. The van der Waals surface area contributed by atoms with Gasteiger partial charge in [0.25, 0.3) is 0 Å². The molecule has 3 aromatic carbocycles. The maximum Gasteiger partial charge on any atom is 0.177 e. The molecule has 0 bridgehead atoms. The Balaban J connectivity index is 1.20. The number of benzene rings is 3. The van der Waals surface area contributed by atoms with Crippen molar-refractivity contribution in [2.24, 2.45) is 0 Å². The summed E-state index contributed by atoms with van der Waals surface area (Å²) in [6.45, 7) is 1.60. The van der Waals surface area contributed by atoms with Crippen LogP contribution in [-0.2, 0) is 38.8 Å². The molecule has 8 nitrogen and oxygen atoms in total. The van der Waals surface area contributed by atoms with Gasteiger partial charge in [0.05, 0.1) is 44.0 Å². The molecular formula is C37H39ClN4O4. The smallest absolute Gasteiger partial charge is 0.177 e. The van der Waals surface area contributed by atoms with E-state index < -0.39 is 24.4 Å². The van der Waals surface area contributed by atoms with Crippen molar-refractivity contribution >= 4 is 22.9 Å². The molecule has 2 fully saturated rings. The quantitative estimate of drug-likeness (QED) is 0.143. The Labute approximate surface area is 274 Å². The lowest BCUT2D eigenvalue weighted by Crippen LogP contribution is -2.38.